The first-order chi connectivity index (χ1) is 10.4. The van der Waals surface area contributed by atoms with Crippen LogP contribution in [-0.4, -0.2) is 43.4 Å². The Hall–Kier alpha value is -1.76. The van der Waals surface area contributed by atoms with Gasteiger partial charge in [-0.3, -0.25) is 0 Å². The summed E-state index contributed by atoms with van der Waals surface area (Å²) in [5.74, 6) is 0.356. The summed E-state index contributed by atoms with van der Waals surface area (Å²) < 4.78 is 40.1. The Morgan fingerprint density at radius 1 is 1.36 bits per heavy atom. The van der Waals surface area contributed by atoms with Gasteiger partial charge in [-0.1, -0.05) is 37.3 Å². The first-order valence-corrected chi connectivity index (χ1v) is 7.12. The maximum absolute atomic E-state index is 12.1. The molecule has 1 fully saturated rings. The van der Waals surface area contributed by atoms with Crippen LogP contribution in [-0.2, 0) is 4.74 Å². The van der Waals surface area contributed by atoms with Crippen LogP contribution in [0.3, 0.4) is 0 Å². The molecule has 2 amide bonds. The van der Waals surface area contributed by atoms with Crippen LogP contribution in [0.1, 0.15) is 18.5 Å². The van der Waals surface area contributed by atoms with Gasteiger partial charge in [0.15, 0.2) is 0 Å². The van der Waals surface area contributed by atoms with E-state index in [0.717, 1.165) is 5.56 Å². The van der Waals surface area contributed by atoms with Crippen LogP contribution in [0.5, 0.6) is 0 Å². The Kier molecular flexibility index (Phi) is 5.28. The highest BCUT2D eigenvalue weighted by molar-refractivity contribution is 5.75. The minimum atomic E-state index is -4.34. The zero-order valence-corrected chi connectivity index (χ0v) is 12.3. The Labute approximate surface area is 127 Å². The van der Waals surface area contributed by atoms with Crippen molar-refractivity contribution in [3.63, 3.8) is 0 Å². The first-order valence-electron chi connectivity index (χ1n) is 7.12. The molecule has 0 aliphatic carbocycles. The largest absolute Gasteiger partial charge is 0.411 e. The van der Waals surface area contributed by atoms with Crippen molar-refractivity contribution in [2.75, 3.05) is 26.3 Å². The Bertz CT molecular complexity index is 493. The lowest BCUT2D eigenvalue weighted by Gasteiger charge is -2.46. The first kappa shape index (κ1) is 16.6. The van der Waals surface area contributed by atoms with Crippen molar-refractivity contribution in [1.29, 1.82) is 0 Å². The lowest BCUT2D eigenvalue weighted by atomic mass is 9.85. The van der Waals surface area contributed by atoms with Crippen LogP contribution in [0, 0.1) is 5.92 Å². The zero-order chi connectivity index (χ0) is 16.2. The number of alkyl halides is 3. The van der Waals surface area contributed by atoms with Gasteiger partial charge in [-0.15, -0.1) is 0 Å². The predicted molar refractivity (Wildman–Crippen MR) is 75.3 cm³/mol. The molecule has 0 saturated carbocycles. The van der Waals surface area contributed by atoms with E-state index in [-0.39, 0.29) is 25.2 Å². The minimum absolute atomic E-state index is 0.0114. The number of benzene rings is 1. The maximum Gasteiger partial charge on any atom is 0.411 e. The highest BCUT2D eigenvalue weighted by atomic mass is 19.4. The number of nitrogens with zero attached hydrogens (tertiary/aromatic N) is 1. The number of urea groups is 1. The van der Waals surface area contributed by atoms with E-state index in [0.29, 0.717) is 12.5 Å². The van der Waals surface area contributed by atoms with Crippen molar-refractivity contribution < 1.29 is 22.7 Å². The molecular weight excluding hydrogens is 297 g/mol. The predicted octanol–water partition coefficient (Wildman–Crippen LogP) is 2.97. The average molecular weight is 316 g/mol. The third-order valence-electron chi connectivity index (χ3n) is 3.55. The molecule has 1 heterocycles. The van der Waals surface area contributed by atoms with E-state index in [9.17, 15) is 18.0 Å². The van der Waals surface area contributed by atoms with Crippen molar-refractivity contribution in [3.8, 4) is 0 Å². The van der Waals surface area contributed by atoms with Crippen molar-refractivity contribution in [2.45, 2.75) is 19.1 Å². The van der Waals surface area contributed by atoms with E-state index in [1.54, 1.807) is 4.90 Å². The molecule has 22 heavy (non-hydrogen) atoms. The Morgan fingerprint density at radius 2 is 2.05 bits per heavy atom. The summed E-state index contributed by atoms with van der Waals surface area (Å²) in [7, 11) is 0. The molecule has 0 aromatic heterocycles. The van der Waals surface area contributed by atoms with E-state index in [1.807, 2.05) is 30.3 Å². The second-order valence-corrected chi connectivity index (χ2v) is 5.38. The normalized spacial score (nSPS) is 21.4. The van der Waals surface area contributed by atoms with E-state index in [2.05, 4.69) is 17.0 Å². The second kappa shape index (κ2) is 7.00. The van der Waals surface area contributed by atoms with Gasteiger partial charge in [0.1, 0.15) is 6.61 Å². The van der Waals surface area contributed by atoms with Crippen LogP contribution in [0.2, 0.25) is 0 Å². The number of likely N-dealkylation sites (tertiary alicyclic amines) is 1. The van der Waals surface area contributed by atoms with Gasteiger partial charge in [0.2, 0.25) is 0 Å². The molecule has 4 nitrogen and oxygen atoms in total. The fraction of sp³-hybridized carbons (Fsp3) is 0.533. The SMILES string of the molecule is C[C@H]1CN(C(=O)NCCOCC(F)(F)F)[C@H]1c1ccccc1. The van der Waals surface area contributed by atoms with Gasteiger partial charge >= 0.3 is 12.2 Å². The molecule has 0 radical (unpaired) electrons. The molecule has 0 bridgehead atoms. The molecule has 0 unspecified atom stereocenters. The van der Waals surface area contributed by atoms with Crippen LogP contribution >= 0.6 is 0 Å². The summed E-state index contributed by atoms with van der Waals surface area (Å²) in [6.07, 6.45) is -4.34. The second-order valence-electron chi connectivity index (χ2n) is 5.38. The maximum atomic E-state index is 12.1. The molecule has 0 spiro atoms. The van der Waals surface area contributed by atoms with Crippen LogP contribution < -0.4 is 5.32 Å². The molecule has 7 heteroatoms. The summed E-state index contributed by atoms with van der Waals surface area (Å²) in [6, 6.07) is 9.41. The lowest BCUT2D eigenvalue weighted by Crippen LogP contribution is -2.55. The van der Waals surface area contributed by atoms with Gasteiger partial charge in [-0.05, 0) is 11.5 Å². The summed E-state index contributed by atoms with van der Waals surface area (Å²) in [4.78, 5) is 13.7. The van der Waals surface area contributed by atoms with Crippen LogP contribution in [0.4, 0.5) is 18.0 Å². The third-order valence-corrected chi connectivity index (χ3v) is 3.55. The summed E-state index contributed by atoms with van der Waals surface area (Å²) >= 11 is 0. The Balaban J connectivity index is 1.76. The lowest BCUT2D eigenvalue weighted by molar-refractivity contribution is -0.173. The third kappa shape index (κ3) is 4.37. The number of nitrogens with one attached hydrogen (secondary N) is 1. The summed E-state index contributed by atoms with van der Waals surface area (Å²) in [5, 5.41) is 2.59. The Morgan fingerprint density at radius 3 is 2.64 bits per heavy atom. The molecule has 1 saturated heterocycles. The molecule has 1 aromatic rings. The fourth-order valence-electron chi connectivity index (χ4n) is 2.58. The standard InChI is InChI=1S/C15H19F3N2O2/c1-11-9-20(13(11)12-5-3-2-4-6-12)14(21)19-7-8-22-10-15(16,17)18/h2-6,11,13H,7-10H2,1H3,(H,19,21)/t11-,13+/m0/s1. The van der Waals surface area contributed by atoms with Crippen molar-refractivity contribution >= 4 is 6.03 Å². The number of halogens is 3. The molecule has 1 aliphatic heterocycles. The van der Waals surface area contributed by atoms with Gasteiger partial charge in [-0.25, -0.2) is 4.79 Å². The van der Waals surface area contributed by atoms with E-state index in [4.69, 9.17) is 0 Å². The number of amides is 2. The summed E-state index contributed by atoms with van der Waals surface area (Å²) in [5.41, 5.74) is 1.06. The number of carbonyl (C=O) groups is 1. The van der Waals surface area contributed by atoms with Crippen molar-refractivity contribution in [3.05, 3.63) is 35.9 Å². The van der Waals surface area contributed by atoms with Crippen molar-refractivity contribution in [1.82, 2.24) is 10.2 Å². The molecule has 2 atom stereocenters. The average Bonchev–Trinajstić information content (AvgIpc) is 2.44. The number of hydrogen-bond donors (Lipinski definition) is 1. The van der Waals surface area contributed by atoms with Crippen LogP contribution in [0.25, 0.3) is 0 Å². The monoisotopic (exact) mass is 316 g/mol. The molecule has 122 valence electrons. The van der Waals surface area contributed by atoms with Gasteiger partial charge in [0.05, 0.1) is 12.6 Å². The van der Waals surface area contributed by atoms with Crippen molar-refractivity contribution in [2.24, 2.45) is 5.92 Å². The number of carbonyl (C=O) groups excluding carboxylic acids is 1. The molecule has 1 aliphatic rings. The van der Waals surface area contributed by atoms with Gasteiger partial charge in [-0.2, -0.15) is 13.2 Å². The molecule has 1 aromatic carbocycles. The molecule has 2 rings (SSSR count). The van der Waals surface area contributed by atoms with Gasteiger partial charge < -0.3 is 15.0 Å². The molecule has 1 N–H and O–H groups in total. The fourth-order valence-corrected chi connectivity index (χ4v) is 2.58. The number of ether oxygens (including phenoxy) is 1. The van der Waals surface area contributed by atoms with E-state index >= 15 is 0 Å². The highest BCUT2D eigenvalue weighted by Gasteiger charge is 2.39. The summed E-state index contributed by atoms with van der Waals surface area (Å²) in [6.45, 7) is 1.30. The molecular formula is C15H19F3N2O2. The topological polar surface area (TPSA) is 41.6 Å². The zero-order valence-electron chi connectivity index (χ0n) is 12.3. The van der Waals surface area contributed by atoms with E-state index < -0.39 is 12.8 Å². The smallest absolute Gasteiger partial charge is 0.370 e. The van der Waals surface area contributed by atoms with Crippen LogP contribution in [0.15, 0.2) is 30.3 Å². The van der Waals surface area contributed by atoms with Gasteiger partial charge in [0.25, 0.3) is 0 Å². The van der Waals surface area contributed by atoms with E-state index in [1.165, 1.54) is 0 Å². The van der Waals surface area contributed by atoms with Gasteiger partial charge in [0, 0.05) is 13.1 Å². The minimum Gasteiger partial charge on any atom is -0.370 e. The quantitative estimate of drug-likeness (QED) is 0.849. The highest BCUT2D eigenvalue weighted by Crippen LogP contribution is 2.38. The number of rotatable bonds is 5. The number of hydrogen-bond acceptors (Lipinski definition) is 2.